The highest BCUT2D eigenvalue weighted by molar-refractivity contribution is 5.78. The summed E-state index contributed by atoms with van der Waals surface area (Å²) >= 11 is 0. The average molecular weight is 281 g/mol. The van der Waals surface area contributed by atoms with Crippen LogP contribution in [-0.4, -0.2) is 64.7 Å². The predicted molar refractivity (Wildman–Crippen MR) is 77.6 cm³/mol. The van der Waals surface area contributed by atoms with Gasteiger partial charge in [-0.1, -0.05) is 0 Å². The van der Waals surface area contributed by atoms with Gasteiger partial charge in [0.05, 0.1) is 0 Å². The number of hydrogen-bond acceptors (Lipinski definition) is 4. The SMILES string of the molecule is NC1(C(=O)O)CCCC(N2CCC(N3CCCC3)C2)C1. The molecule has 0 aromatic rings. The molecule has 5 nitrogen and oxygen atoms in total. The Morgan fingerprint density at radius 2 is 1.80 bits per heavy atom. The summed E-state index contributed by atoms with van der Waals surface area (Å²) in [5, 5.41) is 9.33. The number of carbonyl (C=O) groups is 1. The molecule has 5 heteroatoms. The van der Waals surface area contributed by atoms with Crippen LogP contribution in [0.3, 0.4) is 0 Å². The van der Waals surface area contributed by atoms with Gasteiger partial charge in [0, 0.05) is 25.2 Å². The van der Waals surface area contributed by atoms with Crippen LogP contribution in [0.2, 0.25) is 0 Å². The van der Waals surface area contributed by atoms with Gasteiger partial charge < -0.3 is 10.8 Å². The number of carboxylic acid groups (broad SMARTS) is 1. The molecule has 3 atom stereocenters. The maximum Gasteiger partial charge on any atom is 0.323 e. The zero-order valence-electron chi connectivity index (χ0n) is 12.3. The minimum absolute atomic E-state index is 0.373. The summed E-state index contributed by atoms with van der Waals surface area (Å²) in [6, 6.07) is 1.06. The van der Waals surface area contributed by atoms with E-state index in [9.17, 15) is 9.90 Å². The molecule has 20 heavy (non-hydrogen) atoms. The van der Waals surface area contributed by atoms with Gasteiger partial charge in [-0.25, -0.2) is 0 Å². The first-order valence-electron chi connectivity index (χ1n) is 8.09. The molecule has 0 spiro atoms. The summed E-state index contributed by atoms with van der Waals surface area (Å²) in [6.45, 7) is 4.72. The molecule has 1 aliphatic carbocycles. The number of likely N-dealkylation sites (tertiary alicyclic amines) is 2. The van der Waals surface area contributed by atoms with Crippen molar-refractivity contribution < 1.29 is 9.90 Å². The third-order valence-corrected chi connectivity index (χ3v) is 5.55. The van der Waals surface area contributed by atoms with E-state index in [4.69, 9.17) is 5.73 Å². The van der Waals surface area contributed by atoms with E-state index in [-0.39, 0.29) is 0 Å². The van der Waals surface area contributed by atoms with Gasteiger partial charge in [-0.2, -0.15) is 0 Å². The lowest BCUT2D eigenvalue weighted by Crippen LogP contribution is -2.55. The molecule has 0 amide bonds. The van der Waals surface area contributed by atoms with Crippen LogP contribution in [0, 0.1) is 0 Å². The van der Waals surface area contributed by atoms with Crippen molar-refractivity contribution in [3.63, 3.8) is 0 Å². The Morgan fingerprint density at radius 3 is 2.50 bits per heavy atom. The van der Waals surface area contributed by atoms with Crippen molar-refractivity contribution in [2.24, 2.45) is 5.73 Å². The van der Waals surface area contributed by atoms with Gasteiger partial charge in [0.25, 0.3) is 0 Å². The lowest BCUT2D eigenvalue weighted by molar-refractivity contribution is -0.145. The fraction of sp³-hybridized carbons (Fsp3) is 0.933. The van der Waals surface area contributed by atoms with Crippen LogP contribution in [0.15, 0.2) is 0 Å². The Kier molecular flexibility index (Phi) is 4.02. The van der Waals surface area contributed by atoms with E-state index >= 15 is 0 Å². The highest BCUT2D eigenvalue weighted by Crippen LogP contribution is 2.32. The number of aliphatic carboxylic acids is 1. The molecule has 2 saturated heterocycles. The Morgan fingerprint density at radius 1 is 1.05 bits per heavy atom. The lowest BCUT2D eigenvalue weighted by atomic mass is 9.79. The van der Waals surface area contributed by atoms with Crippen LogP contribution in [0.25, 0.3) is 0 Å². The number of nitrogens with zero attached hydrogens (tertiary/aromatic N) is 2. The van der Waals surface area contributed by atoms with E-state index in [0.29, 0.717) is 24.9 Å². The van der Waals surface area contributed by atoms with E-state index in [2.05, 4.69) is 9.80 Å². The molecule has 1 saturated carbocycles. The van der Waals surface area contributed by atoms with Gasteiger partial charge in [-0.3, -0.25) is 14.6 Å². The van der Waals surface area contributed by atoms with Crippen molar-refractivity contribution in [2.45, 2.75) is 62.6 Å². The largest absolute Gasteiger partial charge is 0.480 e. The minimum atomic E-state index is -0.991. The van der Waals surface area contributed by atoms with Crippen molar-refractivity contribution in [3.05, 3.63) is 0 Å². The zero-order chi connectivity index (χ0) is 14.2. The van der Waals surface area contributed by atoms with Gasteiger partial charge in [0.2, 0.25) is 0 Å². The second-order valence-electron chi connectivity index (χ2n) is 6.89. The van der Waals surface area contributed by atoms with E-state index in [0.717, 1.165) is 25.9 Å². The molecule has 114 valence electrons. The van der Waals surface area contributed by atoms with Crippen LogP contribution >= 0.6 is 0 Å². The molecule has 0 aromatic carbocycles. The van der Waals surface area contributed by atoms with Gasteiger partial charge >= 0.3 is 5.97 Å². The van der Waals surface area contributed by atoms with Crippen LogP contribution in [-0.2, 0) is 4.79 Å². The molecule has 3 unspecified atom stereocenters. The molecular weight excluding hydrogens is 254 g/mol. The van der Waals surface area contributed by atoms with E-state index < -0.39 is 11.5 Å². The summed E-state index contributed by atoms with van der Waals surface area (Å²) in [4.78, 5) is 16.5. The predicted octanol–water partition coefficient (Wildman–Crippen LogP) is 0.881. The molecule has 3 aliphatic rings. The smallest absolute Gasteiger partial charge is 0.323 e. The highest BCUT2D eigenvalue weighted by atomic mass is 16.4. The van der Waals surface area contributed by atoms with Crippen LogP contribution in [0.4, 0.5) is 0 Å². The van der Waals surface area contributed by atoms with Crippen molar-refractivity contribution in [3.8, 4) is 0 Å². The third-order valence-electron chi connectivity index (χ3n) is 5.55. The summed E-state index contributed by atoms with van der Waals surface area (Å²) in [5.74, 6) is -0.822. The van der Waals surface area contributed by atoms with Crippen molar-refractivity contribution in [1.82, 2.24) is 9.80 Å². The molecule has 0 radical (unpaired) electrons. The topological polar surface area (TPSA) is 69.8 Å². The second kappa shape index (κ2) is 5.62. The van der Waals surface area contributed by atoms with Crippen LogP contribution in [0.1, 0.15) is 44.9 Å². The normalized spacial score (nSPS) is 40.2. The molecule has 3 rings (SSSR count). The second-order valence-corrected chi connectivity index (χ2v) is 6.89. The summed E-state index contributed by atoms with van der Waals surface area (Å²) in [6.07, 6.45) is 7.21. The maximum absolute atomic E-state index is 11.4. The third kappa shape index (κ3) is 2.71. The molecule has 3 fully saturated rings. The minimum Gasteiger partial charge on any atom is -0.480 e. The van der Waals surface area contributed by atoms with Gasteiger partial charge in [0.1, 0.15) is 5.54 Å². The van der Waals surface area contributed by atoms with Crippen LogP contribution < -0.4 is 5.73 Å². The summed E-state index contributed by atoms with van der Waals surface area (Å²) in [7, 11) is 0. The number of carboxylic acids is 1. The van der Waals surface area contributed by atoms with Gasteiger partial charge in [-0.05, 0) is 58.0 Å². The van der Waals surface area contributed by atoms with Gasteiger partial charge in [-0.15, -0.1) is 0 Å². The summed E-state index contributed by atoms with van der Waals surface area (Å²) < 4.78 is 0. The quantitative estimate of drug-likeness (QED) is 0.804. The molecule has 0 aromatic heterocycles. The fourth-order valence-corrected chi connectivity index (χ4v) is 4.29. The lowest BCUT2D eigenvalue weighted by Gasteiger charge is -2.39. The first-order valence-corrected chi connectivity index (χ1v) is 8.09. The fourth-order valence-electron chi connectivity index (χ4n) is 4.29. The molecule has 2 heterocycles. The molecular formula is C15H27N3O2. The summed E-state index contributed by atoms with van der Waals surface area (Å²) in [5.41, 5.74) is 5.09. The van der Waals surface area contributed by atoms with Crippen molar-refractivity contribution >= 4 is 5.97 Å². The Hall–Kier alpha value is -0.650. The zero-order valence-corrected chi connectivity index (χ0v) is 12.3. The molecule has 0 bridgehead atoms. The van der Waals surface area contributed by atoms with Crippen molar-refractivity contribution in [1.29, 1.82) is 0 Å². The number of rotatable bonds is 3. The average Bonchev–Trinajstić information content (AvgIpc) is 3.10. The first kappa shape index (κ1) is 14.3. The Bertz CT molecular complexity index is 370. The van der Waals surface area contributed by atoms with E-state index in [1.165, 1.54) is 32.4 Å². The Labute approximate surface area is 121 Å². The number of hydrogen-bond donors (Lipinski definition) is 2. The first-order chi connectivity index (χ1) is 9.58. The Balaban J connectivity index is 1.58. The van der Waals surface area contributed by atoms with E-state index in [1.54, 1.807) is 0 Å². The monoisotopic (exact) mass is 281 g/mol. The highest BCUT2D eigenvalue weighted by Gasteiger charge is 2.43. The molecule has 3 N–H and O–H groups in total. The van der Waals surface area contributed by atoms with E-state index in [1.807, 2.05) is 0 Å². The standard InChI is InChI=1S/C15H27N3O2/c16-15(14(19)20)6-3-4-12(10-15)18-9-5-13(11-18)17-7-1-2-8-17/h12-13H,1-11,16H2,(H,19,20). The van der Waals surface area contributed by atoms with Crippen LogP contribution in [0.5, 0.6) is 0 Å². The van der Waals surface area contributed by atoms with Crippen molar-refractivity contribution in [2.75, 3.05) is 26.2 Å². The number of nitrogens with two attached hydrogens (primary N) is 1. The van der Waals surface area contributed by atoms with Gasteiger partial charge in [0.15, 0.2) is 0 Å². The maximum atomic E-state index is 11.4. The molecule has 2 aliphatic heterocycles.